The van der Waals surface area contributed by atoms with E-state index in [1.165, 1.54) is 4.31 Å². The third-order valence-corrected chi connectivity index (χ3v) is 8.79. The van der Waals surface area contributed by atoms with Crippen molar-refractivity contribution in [3.05, 3.63) is 65.1 Å². The number of amides is 1. The van der Waals surface area contributed by atoms with Gasteiger partial charge in [-0.05, 0) is 37.1 Å². The highest BCUT2D eigenvalue weighted by Gasteiger charge is 2.31. The van der Waals surface area contributed by atoms with Crippen molar-refractivity contribution in [2.75, 3.05) is 45.8 Å². The molecule has 1 N–H and O–H groups in total. The molecule has 3 aromatic rings. The van der Waals surface area contributed by atoms with Crippen molar-refractivity contribution >= 4 is 27.0 Å². The maximum absolute atomic E-state index is 12.9. The van der Waals surface area contributed by atoms with Crippen molar-refractivity contribution in [3.8, 4) is 0 Å². The number of nitrogens with one attached hydrogen (secondary N) is 1. The summed E-state index contributed by atoms with van der Waals surface area (Å²) in [7, 11) is -3.53. The highest BCUT2D eigenvalue weighted by atomic mass is 32.2. The van der Waals surface area contributed by atoms with Crippen molar-refractivity contribution in [2.24, 2.45) is 0 Å². The van der Waals surface area contributed by atoms with Gasteiger partial charge in [-0.25, -0.2) is 13.2 Å². The second-order valence-corrected chi connectivity index (χ2v) is 10.9. The van der Waals surface area contributed by atoms with Gasteiger partial charge in [-0.3, -0.25) is 14.3 Å². The smallest absolute Gasteiger partial charge is 0.326 e. The Labute approximate surface area is 198 Å². The molecule has 2 aromatic carbocycles. The number of aromatic amines is 1. The Balaban J connectivity index is 1.14. The number of benzene rings is 2. The molecule has 0 aliphatic carbocycles. The average molecular weight is 484 g/mol. The lowest BCUT2D eigenvalue weighted by Crippen LogP contribution is -2.53. The number of H-pyrrole nitrogens is 1. The van der Waals surface area contributed by atoms with E-state index < -0.39 is 10.0 Å². The number of carbonyl (C=O) groups excluding carboxylic acids is 1. The molecule has 0 radical (unpaired) electrons. The molecule has 0 bridgehead atoms. The van der Waals surface area contributed by atoms with E-state index in [4.69, 9.17) is 0 Å². The zero-order valence-electron chi connectivity index (χ0n) is 19.0. The molecule has 2 saturated heterocycles. The topological polar surface area (TPSA) is 98.7 Å². The van der Waals surface area contributed by atoms with E-state index in [9.17, 15) is 18.0 Å². The number of aromatic nitrogens is 2. The SMILES string of the molecule is O=C(CN1CCC(n2c(=O)[nH]c3ccccc32)CC1)N1CCN(S(=O)(=O)c2ccccc2)CC1. The van der Waals surface area contributed by atoms with Crippen molar-refractivity contribution in [2.45, 2.75) is 23.8 Å². The standard InChI is InChI=1S/C24H29N5O4S/c30-23(27-14-16-28(17-15-27)34(32,33)20-6-2-1-3-7-20)18-26-12-10-19(11-13-26)29-22-9-5-4-8-21(22)25-24(29)31/h1-9,19H,10-18H2,(H,25,31). The van der Waals surface area contributed by atoms with Gasteiger partial charge in [0.15, 0.2) is 0 Å². The molecule has 0 spiro atoms. The lowest BCUT2D eigenvalue weighted by atomic mass is 10.0. The largest absolute Gasteiger partial charge is 0.339 e. The minimum absolute atomic E-state index is 0.0273. The fourth-order valence-electron chi connectivity index (χ4n) is 4.98. The first-order chi connectivity index (χ1) is 16.4. The minimum atomic E-state index is -3.53. The summed E-state index contributed by atoms with van der Waals surface area (Å²) in [5.74, 6) is 0.0273. The van der Waals surface area contributed by atoms with Crippen LogP contribution in [-0.4, -0.2) is 83.8 Å². The molecule has 5 rings (SSSR count). The molecule has 10 heteroatoms. The Kier molecular flexibility index (Phi) is 6.28. The molecule has 3 heterocycles. The average Bonchev–Trinajstić information content (AvgIpc) is 3.21. The number of hydrogen-bond acceptors (Lipinski definition) is 5. The van der Waals surface area contributed by atoms with Crippen LogP contribution in [-0.2, 0) is 14.8 Å². The third-order valence-electron chi connectivity index (χ3n) is 6.88. The van der Waals surface area contributed by atoms with E-state index in [1.54, 1.807) is 35.2 Å². The van der Waals surface area contributed by atoms with Crippen LogP contribution in [0.25, 0.3) is 11.0 Å². The maximum atomic E-state index is 12.9. The molecule has 1 amide bonds. The molecule has 9 nitrogen and oxygen atoms in total. The summed E-state index contributed by atoms with van der Waals surface area (Å²) >= 11 is 0. The van der Waals surface area contributed by atoms with Crippen LogP contribution >= 0.6 is 0 Å². The number of nitrogens with zero attached hydrogens (tertiary/aromatic N) is 4. The zero-order valence-corrected chi connectivity index (χ0v) is 19.8. The van der Waals surface area contributed by atoms with Gasteiger partial charge in [0, 0.05) is 45.3 Å². The number of carbonyl (C=O) groups is 1. The predicted octanol–water partition coefficient (Wildman–Crippen LogP) is 1.50. The summed E-state index contributed by atoms with van der Waals surface area (Å²) in [6, 6.07) is 16.2. The number of fused-ring (bicyclic) bond motifs is 1. The third kappa shape index (κ3) is 4.40. The summed E-state index contributed by atoms with van der Waals surface area (Å²) in [4.78, 5) is 32.5. The van der Waals surface area contributed by atoms with Crippen LogP contribution in [0.2, 0.25) is 0 Å². The van der Waals surface area contributed by atoms with Crippen molar-refractivity contribution in [1.82, 2.24) is 23.7 Å². The van der Waals surface area contributed by atoms with Crippen LogP contribution in [0.4, 0.5) is 0 Å². The minimum Gasteiger partial charge on any atom is -0.339 e. The van der Waals surface area contributed by atoms with Crippen molar-refractivity contribution in [3.63, 3.8) is 0 Å². The molecular weight excluding hydrogens is 454 g/mol. The Hall–Kier alpha value is -2.95. The summed E-state index contributed by atoms with van der Waals surface area (Å²) in [6.07, 6.45) is 1.61. The number of likely N-dealkylation sites (tertiary alicyclic amines) is 1. The van der Waals surface area contributed by atoms with Crippen LogP contribution in [0, 0.1) is 0 Å². The molecule has 0 atom stereocenters. The first kappa shape index (κ1) is 22.8. The van der Waals surface area contributed by atoms with E-state index in [2.05, 4.69) is 9.88 Å². The van der Waals surface area contributed by atoms with Crippen LogP contribution in [0.1, 0.15) is 18.9 Å². The second-order valence-electron chi connectivity index (χ2n) is 8.92. The quantitative estimate of drug-likeness (QED) is 0.593. The number of para-hydroxylation sites is 2. The lowest BCUT2D eigenvalue weighted by Gasteiger charge is -2.36. The molecular formula is C24H29N5O4S. The number of sulfonamides is 1. The highest BCUT2D eigenvalue weighted by molar-refractivity contribution is 7.89. The maximum Gasteiger partial charge on any atom is 0.326 e. The molecule has 0 saturated carbocycles. The number of piperazine rings is 1. The zero-order chi connectivity index (χ0) is 23.7. The monoisotopic (exact) mass is 483 g/mol. The normalized spacial score (nSPS) is 19.0. The van der Waals surface area contributed by atoms with Crippen LogP contribution in [0.5, 0.6) is 0 Å². The van der Waals surface area contributed by atoms with Gasteiger partial charge < -0.3 is 9.88 Å². The number of imidazole rings is 1. The number of piperidine rings is 1. The summed E-state index contributed by atoms with van der Waals surface area (Å²) in [6.45, 7) is 3.19. The van der Waals surface area contributed by atoms with Gasteiger partial charge in [0.2, 0.25) is 15.9 Å². The van der Waals surface area contributed by atoms with E-state index in [1.807, 2.05) is 28.8 Å². The van der Waals surface area contributed by atoms with E-state index in [0.717, 1.165) is 37.0 Å². The Morgan fingerprint density at radius 1 is 0.882 bits per heavy atom. The first-order valence-corrected chi connectivity index (χ1v) is 13.1. The first-order valence-electron chi connectivity index (χ1n) is 11.7. The van der Waals surface area contributed by atoms with Gasteiger partial charge in [-0.2, -0.15) is 4.31 Å². The van der Waals surface area contributed by atoms with Gasteiger partial charge >= 0.3 is 5.69 Å². The van der Waals surface area contributed by atoms with E-state index >= 15 is 0 Å². The van der Waals surface area contributed by atoms with Crippen molar-refractivity contribution in [1.29, 1.82) is 0 Å². The summed E-state index contributed by atoms with van der Waals surface area (Å²) < 4.78 is 28.9. The van der Waals surface area contributed by atoms with E-state index in [-0.39, 0.29) is 22.5 Å². The summed E-state index contributed by atoms with van der Waals surface area (Å²) in [5, 5.41) is 0. The molecule has 2 fully saturated rings. The van der Waals surface area contributed by atoms with Crippen LogP contribution in [0.3, 0.4) is 0 Å². The van der Waals surface area contributed by atoms with Crippen molar-refractivity contribution < 1.29 is 13.2 Å². The fraction of sp³-hybridized carbons (Fsp3) is 0.417. The Morgan fingerprint density at radius 3 is 2.24 bits per heavy atom. The highest BCUT2D eigenvalue weighted by Crippen LogP contribution is 2.25. The van der Waals surface area contributed by atoms with Crippen LogP contribution in [0.15, 0.2) is 64.3 Å². The Bertz CT molecular complexity index is 1320. The predicted molar refractivity (Wildman–Crippen MR) is 129 cm³/mol. The fourth-order valence-corrected chi connectivity index (χ4v) is 6.43. The van der Waals surface area contributed by atoms with Crippen LogP contribution < -0.4 is 5.69 Å². The molecule has 180 valence electrons. The van der Waals surface area contributed by atoms with Gasteiger partial charge in [0.25, 0.3) is 0 Å². The van der Waals surface area contributed by atoms with E-state index in [0.29, 0.717) is 32.7 Å². The lowest BCUT2D eigenvalue weighted by molar-refractivity contribution is -0.133. The second kappa shape index (κ2) is 9.36. The van der Waals surface area contributed by atoms with Gasteiger partial charge in [0.1, 0.15) is 0 Å². The van der Waals surface area contributed by atoms with Gasteiger partial charge in [0.05, 0.1) is 22.5 Å². The molecule has 2 aliphatic rings. The molecule has 1 aromatic heterocycles. The number of hydrogen-bond donors (Lipinski definition) is 1. The number of rotatable bonds is 5. The molecule has 2 aliphatic heterocycles. The Morgan fingerprint density at radius 2 is 1.53 bits per heavy atom. The van der Waals surface area contributed by atoms with Gasteiger partial charge in [-0.1, -0.05) is 30.3 Å². The molecule has 34 heavy (non-hydrogen) atoms. The summed E-state index contributed by atoms with van der Waals surface area (Å²) in [5.41, 5.74) is 1.68. The van der Waals surface area contributed by atoms with Gasteiger partial charge in [-0.15, -0.1) is 0 Å². The molecule has 0 unspecified atom stereocenters.